The lowest BCUT2D eigenvalue weighted by Gasteiger charge is -2.24. The number of carbonyl (C=O) groups excluding carboxylic acids is 3. The lowest BCUT2D eigenvalue weighted by Crippen LogP contribution is -2.49. The monoisotopic (exact) mass is 307 g/mol. The summed E-state index contributed by atoms with van der Waals surface area (Å²) < 4.78 is 4.76. The fourth-order valence-corrected chi connectivity index (χ4v) is 1.89. The largest absolute Gasteiger partial charge is 0.389 e. The van der Waals surface area contributed by atoms with Crippen molar-refractivity contribution in [3.8, 4) is 0 Å². The van der Waals surface area contributed by atoms with E-state index in [0.717, 1.165) is 4.90 Å². The Labute approximate surface area is 126 Å². The molecule has 1 fully saturated rings. The number of carbonyl (C=O) groups is 3. The smallest absolute Gasteiger partial charge is 0.255 e. The van der Waals surface area contributed by atoms with Crippen LogP contribution in [0.15, 0.2) is 24.3 Å². The Balaban J connectivity index is 1.96. The maximum atomic E-state index is 11.8. The van der Waals surface area contributed by atoms with Gasteiger partial charge in [-0.1, -0.05) is 12.2 Å². The predicted molar refractivity (Wildman–Crippen MR) is 78.5 cm³/mol. The first-order chi connectivity index (χ1) is 9.97. The number of imide groups is 1. The van der Waals surface area contributed by atoms with Gasteiger partial charge in [0.15, 0.2) is 0 Å². The third kappa shape index (κ3) is 3.83. The van der Waals surface area contributed by atoms with Crippen LogP contribution in [0, 0.1) is 0 Å². The van der Waals surface area contributed by atoms with Crippen molar-refractivity contribution in [2.75, 3.05) is 25.1 Å². The molecule has 0 bridgehead atoms. The number of morpholine rings is 1. The molecular formula is C13H13N3O4S. The maximum absolute atomic E-state index is 11.8. The molecule has 0 unspecified atom stereocenters. The zero-order valence-electron chi connectivity index (χ0n) is 11.0. The van der Waals surface area contributed by atoms with E-state index in [1.807, 2.05) is 0 Å². The SMILES string of the molecule is NC(=S)c1ccc(NC(=O)CN2C(=O)COCC2=O)cc1. The van der Waals surface area contributed by atoms with Crippen LogP contribution in [0.3, 0.4) is 0 Å². The molecule has 1 heterocycles. The van der Waals surface area contributed by atoms with E-state index in [0.29, 0.717) is 11.3 Å². The van der Waals surface area contributed by atoms with Gasteiger partial charge in [0.25, 0.3) is 11.8 Å². The van der Waals surface area contributed by atoms with Gasteiger partial charge in [0.05, 0.1) is 0 Å². The van der Waals surface area contributed by atoms with E-state index in [4.69, 9.17) is 22.7 Å². The van der Waals surface area contributed by atoms with Crippen LogP contribution in [0.2, 0.25) is 0 Å². The number of nitrogens with one attached hydrogen (secondary N) is 1. The Morgan fingerprint density at radius 1 is 1.24 bits per heavy atom. The first-order valence-corrected chi connectivity index (χ1v) is 6.49. The van der Waals surface area contributed by atoms with Gasteiger partial charge < -0.3 is 15.8 Å². The molecule has 0 aromatic heterocycles. The van der Waals surface area contributed by atoms with Gasteiger partial charge in [0.2, 0.25) is 5.91 Å². The van der Waals surface area contributed by atoms with Crippen LogP contribution in [0.5, 0.6) is 0 Å². The number of anilines is 1. The highest BCUT2D eigenvalue weighted by molar-refractivity contribution is 7.80. The molecule has 0 spiro atoms. The molecule has 21 heavy (non-hydrogen) atoms. The van der Waals surface area contributed by atoms with Crippen molar-refractivity contribution in [3.63, 3.8) is 0 Å². The van der Waals surface area contributed by atoms with Crippen molar-refractivity contribution in [1.82, 2.24) is 4.90 Å². The number of benzene rings is 1. The summed E-state index contributed by atoms with van der Waals surface area (Å²) in [4.78, 5) is 35.9. The van der Waals surface area contributed by atoms with Gasteiger partial charge >= 0.3 is 0 Å². The van der Waals surface area contributed by atoms with Crippen molar-refractivity contribution >= 4 is 40.6 Å². The number of amides is 3. The average molecular weight is 307 g/mol. The molecule has 1 aromatic carbocycles. The van der Waals surface area contributed by atoms with Crippen LogP contribution in [-0.2, 0) is 19.1 Å². The molecule has 7 nitrogen and oxygen atoms in total. The average Bonchev–Trinajstić information content (AvgIpc) is 2.43. The molecule has 1 aliphatic rings. The number of nitrogens with two attached hydrogens (primary N) is 1. The van der Waals surface area contributed by atoms with Gasteiger partial charge in [-0.05, 0) is 24.3 Å². The molecular weight excluding hydrogens is 294 g/mol. The molecule has 0 saturated carbocycles. The van der Waals surface area contributed by atoms with E-state index in [9.17, 15) is 14.4 Å². The Hall–Kier alpha value is -2.32. The van der Waals surface area contributed by atoms with Gasteiger partial charge in [-0.3, -0.25) is 19.3 Å². The van der Waals surface area contributed by atoms with Gasteiger partial charge in [0, 0.05) is 11.3 Å². The molecule has 0 aliphatic carbocycles. The number of hydrogen-bond donors (Lipinski definition) is 2. The molecule has 0 atom stereocenters. The number of ether oxygens (including phenoxy) is 1. The second-order valence-electron chi connectivity index (χ2n) is 4.36. The van der Waals surface area contributed by atoms with Crippen molar-refractivity contribution in [1.29, 1.82) is 0 Å². The highest BCUT2D eigenvalue weighted by Crippen LogP contribution is 2.10. The van der Waals surface area contributed by atoms with Crippen molar-refractivity contribution in [2.45, 2.75) is 0 Å². The molecule has 0 radical (unpaired) electrons. The summed E-state index contributed by atoms with van der Waals surface area (Å²) in [6, 6.07) is 6.61. The number of rotatable bonds is 4. The van der Waals surface area contributed by atoms with E-state index < -0.39 is 17.7 Å². The zero-order chi connectivity index (χ0) is 15.4. The second-order valence-corrected chi connectivity index (χ2v) is 4.80. The first kappa shape index (κ1) is 15.1. The van der Waals surface area contributed by atoms with Crippen LogP contribution in [0.1, 0.15) is 5.56 Å². The zero-order valence-corrected chi connectivity index (χ0v) is 11.8. The quantitative estimate of drug-likeness (QED) is 0.582. The van der Waals surface area contributed by atoms with E-state index >= 15 is 0 Å². The van der Waals surface area contributed by atoms with Gasteiger partial charge in [-0.2, -0.15) is 0 Å². The molecule has 8 heteroatoms. The third-order valence-corrected chi connectivity index (χ3v) is 3.04. The fourth-order valence-electron chi connectivity index (χ4n) is 1.76. The van der Waals surface area contributed by atoms with E-state index in [1.54, 1.807) is 24.3 Å². The summed E-state index contributed by atoms with van der Waals surface area (Å²) >= 11 is 4.82. The van der Waals surface area contributed by atoms with Crippen molar-refractivity contribution < 1.29 is 19.1 Å². The minimum atomic E-state index is -0.523. The number of nitrogens with zero attached hydrogens (tertiary/aromatic N) is 1. The van der Waals surface area contributed by atoms with E-state index in [1.165, 1.54) is 0 Å². The molecule has 3 N–H and O–H groups in total. The lowest BCUT2D eigenvalue weighted by atomic mass is 10.2. The first-order valence-electron chi connectivity index (χ1n) is 6.08. The molecule has 2 rings (SSSR count). The third-order valence-electron chi connectivity index (χ3n) is 2.81. The Morgan fingerprint density at radius 3 is 2.33 bits per heavy atom. The second kappa shape index (κ2) is 6.42. The Bertz CT molecular complexity index is 584. The summed E-state index contributed by atoms with van der Waals surface area (Å²) in [6.07, 6.45) is 0. The summed E-state index contributed by atoms with van der Waals surface area (Å²) in [5, 5.41) is 2.59. The van der Waals surface area contributed by atoms with Crippen molar-refractivity contribution in [2.24, 2.45) is 5.73 Å². The van der Waals surface area contributed by atoms with Crippen LogP contribution in [0.4, 0.5) is 5.69 Å². The lowest BCUT2D eigenvalue weighted by molar-refractivity contribution is -0.159. The summed E-state index contributed by atoms with van der Waals surface area (Å²) in [6.45, 7) is -0.721. The van der Waals surface area contributed by atoms with E-state index in [2.05, 4.69) is 5.32 Å². The molecule has 1 aromatic rings. The highest BCUT2D eigenvalue weighted by Gasteiger charge is 2.28. The van der Waals surface area contributed by atoms with Crippen LogP contribution in [0.25, 0.3) is 0 Å². The van der Waals surface area contributed by atoms with Crippen LogP contribution >= 0.6 is 12.2 Å². The highest BCUT2D eigenvalue weighted by atomic mass is 32.1. The van der Waals surface area contributed by atoms with Crippen LogP contribution < -0.4 is 11.1 Å². The topological polar surface area (TPSA) is 102 Å². The Morgan fingerprint density at radius 2 is 1.81 bits per heavy atom. The minimum Gasteiger partial charge on any atom is -0.389 e. The van der Waals surface area contributed by atoms with E-state index in [-0.39, 0.29) is 24.7 Å². The molecule has 1 aliphatic heterocycles. The van der Waals surface area contributed by atoms with Gasteiger partial charge in [-0.15, -0.1) is 0 Å². The maximum Gasteiger partial charge on any atom is 0.255 e. The van der Waals surface area contributed by atoms with Crippen LogP contribution in [-0.4, -0.2) is 47.4 Å². The number of hydrogen-bond acceptors (Lipinski definition) is 5. The molecule has 110 valence electrons. The standard InChI is InChI=1S/C13H13N3O4S/c14-13(21)8-1-3-9(4-2-8)15-10(17)5-16-11(18)6-20-7-12(16)19/h1-4H,5-7H2,(H2,14,21)(H,15,17). The van der Waals surface area contributed by atoms with Crippen molar-refractivity contribution in [3.05, 3.63) is 29.8 Å². The van der Waals surface area contributed by atoms with Gasteiger partial charge in [0.1, 0.15) is 24.7 Å². The summed E-state index contributed by atoms with van der Waals surface area (Å²) in [5.74, 6) is -1.52. The van der Waals surface area contributed by atoms with Gasteiger partial charge in [-0.25, -0.2) is 0 Å². The molecule has 1 saturated heterocycles. The molecule has 3 amide bonds. The predicted octanol–water partition coefficient (Wildman–Crippen LogP) is -0.355. The number of thiocarbonyl (C=S) groups is 1. The fraction of sp³-hybridized carbons (Fsp3) is 0.231. The summed E-state index contributed by atoms with van der Waals surface area (Å²) in [5.41, 5.74) is 6.67. The summed E-state index contributed by atoms with van der Waals surface area (Å²) in [7, 11) is 0. The normalized spacial score (nSPS) is 15.0. The Kier molecular flexibility index (Phi) is 4.61. The minimum absolute atomic E-state index is 0.193.